The van der Waals surface area contributed by atoms with E-state index < -0.39 is 29.9 Å². The van der Waals surface area contributed by atoms with Crippen LogP contribution >= 0.6 is 0 Å². The van der Waals surface area contributed by atoms with Gasteiger partial charge in [0.05, 0.1) is 12.6 Å². The molecule has 0 aliphatic carbocycles. The number of anilines is 1. The fourth-order valence-corrected chi connectivity index (χ4v) is 5.62. The summed E-state index contributed by atoms with van der Waals surface area (Å²) in [5.74, 6) is -1.45. The summed E-state index contributed by atoms with van der Waals surface area (Å²) in [6, 6.07) is 29.5. The summed E-state index contributed by atoms with van der Waals surface area (Å²) in [5, 5.41) is 22.6. The lowest BCUT2D eigenvalue weighted by Gasteiger charge is -2.35. The van der Waals surface area contributed by atoms with E-state index in [9.17, 15) is 24.3 Å². The lowest BCUT2D eigenvalue weighted by molar-refractivity contribution is -0.138. The summed E-state index contributed by atoms with van der Waals surface area (Å²) < 4.78 is 5.07. The Bertz CT molecular complexity index is 1770. The van der Waals surface area contributed by atoms with Gasteiger partial charge in [-0.25, -0.2) is 14.8 Å². The van der Waals surface area contributed by atoms with Crippen LogP contribution in [0, 0.1) is 0 Å². The molecule has 1 aliphatic heterocycles. The number of piperazine rings is 1. The van der Waals surface area contributed by atoms with Crippen LogP contribution in [0.1, 0.15) is 47.4 Å². The van der Waals surface area contributed by atoms with Crippen molar-refractivity contribution in [3.05, 3.63) is 114 Å². The third kappa shape index (κ3) is 11.4. The van der Waals surface area contributed by atoms with Gasteiger partial charge >= 0.3 is 12.1 Å². The van der Waals surface area contributed by atoms with Gasteiger partial charge in [0, 0.05) is 44.2 Å². The molecule has 2 heterocycles. The van der Waals surface area contributed by atoms with Crippen LogP contribution in [0.5, 0.6) is 0 Å². The largest absolute Gasteiger partial charge is 0.483 e. The quantitative estimate of drug-likeness (QED) is 0.143. The molecule has 0 saturated carbocycles. The highest BCUT2D eigenvalue weighted by Crippen LogP contribution is 2.25. The summed E-state index contributed by atoms with van der Waals surface area (Å²) in [4.78, 5) is 71.9. The molecule has 5 rings (SSSR count). The zero-order valence-corrected chi connectivity index (χ0v) is 28.8. The van der Waals surface area contributed by atoms with E-state index in [2.05, 4.69) is 27.8 Å². The number of ether oxygens (including phenoxy) is 1. The molecule has 1 aliphatic rings. The lowest BCUT2D eigenvalue weighted by atomic mass is 9.99. The fourth-order valence-electron chi connectivity index (χ4n) is 5.62. The highest BCUT2D eigenvalue weighted by molar-refractivity contribution is 5.97. The predicted octanol–water partition coefficient (Wildman–Crippen LogP) is 4.50. The number of nitrogens with zero attached hydrogens (tertiary/aromatic N) is 4. The van der Waals surface area contributed by atoms with Crippen molar-refractivity contribution in [1.82, 2.24) is 25.1 Å². The van der Waals surface area contributed by atoms with Gasteiger partial charge in [0.15, 0.2) is 5.82 Å². The van der Waals surface area contributed by atoms with Gasteiger partial charge in [0.1, 0.15) is 17.6 Å². The highest BCUT2D eigenvalue weighted by Gasteiger charge is 2.31. The van der Waals surface area contributed by atoms with Gasteiger partial charge in [-0.15, -0.1) is 0 Å². The number of hydrogen-bond acceptors (Lipinski definition) is 9. The molecule has 272 valence electrons. The minimum atomic E-state index is -1.13. The Morgan fingerprint density at radius 2 is 1.44 bits per heavy atom. The number of carbonyl (C=O) groups excluding carboxylic acids is 3. The summed E-state index contributed by atoms with van der Waals surface area (Å²) >= 11 is 0. The maximum absolute atomic E-state index is 13.9. The number of aliphatic carboxylic acids is 1. The second kappa shape index (κ2) is 19.8. The molecule has 0 bridgehead atoms. The normalized spacial score (nSPS) is 13.4. The molecule has 3 amide bonds. The van der Waals surface area contributed by atoms with Crippen LogP contribution in [0.15, 0.2) is 97.1 Å². The van der Waals surface area contributed by atoms with Crippen molar-refractivity contribution in [2.45, 2.75) is 38.3 Å². The third-order valence-electron chi connectivity index (χ3n) is 8.17. The molecule has 14 heteroatoms. The topological polar surface area (TPSA) is 191 Å². The van der Waals surface area contributed by atoms with Crippen molar-refractivity contribution in [3.63, 3.8) is 0 Å². The van der Waals surface area contributed by atoms with E-state index in [1.54, 1.807) is 13.0 Å². The van der Waals surface area contributed by atoms with Crippen molar-refractivity contribution in [3.8, 4) is 11.4 Å². The number of hydrogen-bond donors (Lipinski definition) is 4. The standard InChI is InChI=1S/C37H40N6O6.CH2O2/c1-2-49-37(48)43-22-20-42(21-23-43)36(47)29(18-19-33(44)45)40-35(46)31-25-32(41-34(39-31)28-16-10-5-11-17-28)38-30(27-14-8-4-9-15-27)24-26-12-6-3-7-13-26;2-1-3/h3-17,25,29-30H,2,18-24H2,1H3,(H,40,46)(H,44,45)(H,38,39,41);1H,(H,2,3). The smallest absolute Gasteiger partial charge is 0.409 e. The minimum Gasteiger partial charge on any atom is -0.483 e. The average Bonchev–Trinajstić information content (AvgIpc) is 3.17. The van der Waals surface area contributed by atoms with Gasteiger partial charge in [-0.2, -0.15) is 0 Å². The van der Waals surface area contributed by atoms with Gasteiger partial charge in [-0.3, -0.25) is 19.2 Å². The number of carboxylic acid groups (broad SMARTS) is 2. The van der Waals surface area contributed by atoms with Crippen molar-refractivity contribution in [2.75, 3.05) is 38.1 Å². The SMILES string of the molecule is CCOC(=O)N1CCN(C(=O)C(CCC(=O)O)NC(=O)c2cc(NC(Cc3ccccc3)c3ccccc3)nc(-c3ccccc3)n2)CC1.O=CO. The molecular formula is C38H42N6O8. The predicted molar refractivity (Wildman–Crippen MR) is 192 cm³/mol. The Labute approximate surface area is 301 Å². The number of rotatable bonds is 13. The lowest BCUT2D eigenvalue weighted by Crippen LogP contribution is -2.56. The summed E-state index contributed by atoms with van der Waals surface area (Å²) in [6.45, 7) is 2.68. The number of amides is 3. The monoisotopic (exact) mass is 710 g/mol. The number of nitrogens with one attached hydrogen (secondary N) is 2. The van der Waals surface area contributed by atoms with Crippen molar-refractivity contribution in [2.24, 2.45) is 0 Å². The summed E-state index contributed by atoms with van der Waals surface area (Å²) in [6.07, 6.45) is -0.256. The Hall–Kier alpha value is -6.31. The van der Waals surface area contributed by atoms with Gasteiger partial charge in [0.2, 0.25) is 5.91 Å². The maximum atomic E-state index is 13.9. The molecular weight excluding hydrogens is 668 g/mol. The Balaban J connectivity index is 0.00000195. The van der Waals surface area contributed by atoms with Crippen LogP contribution in [-0.4, -0.2) is 99.2 Å². The molecule has 1 aromatic heterocycles. The zero-order chi connectivity index (χ0) is 37.3. The van der Waals surface area contributed by atoms with E-state index in [1.807, 2.05) is 78.9 Å². The number of benzene rings is 3. The second-order valence-electron chi connectivity index (χ2n) is 11.7. The highest BCUT2D eigenvalue weighted by atomic mass is 16.6. The minimum absolute atomic E-state index is 0.0168. The number of aromatic nitrogens is 2. The average molecular weight is 711 g/mol. The van der Waals surface area contributed by atoms with Crippen molar-refractivity contribution in [1.29, 1.82) is 0 Å². The molecule has 0 spiro atoms. The molecule has 3 aromatic carbocycles. The van der Waals surface area contributed by atoms with Crippen LogP contribution in [-0.2, 0) is 25.5 Å². The fraction of sp³-hybridized carbons (Fsp3) is 0.289. The molecule has 52 heavy (non-hydrogen) atoms. The van der Waals surface area contributed by atoms with Crippen LogP contribution in [0.2, 0.25) is 0 Å². The van der Waals surface area contributed by atoms with E-state index in [1.165, 1.54) is 9.80 Å². The Morgan fingerprint density at radius 3 is 2.04 bits per heavy atom. The molecule has 4 N–H and O–H groups in total. The van der Waals surface area contributed by atoms with Crippen molar-refractivity contribution < 1.29 is 38.9 Å². The van der Waals surface area contributed by atoms with E-state index in [0.29, 0.717) is 23.6 Å². The van der Waals surface area contributed by atoms with Crippen LogP contribution < -0.4 is 10.6 Å². The first-order valence-electron chi connectivity index (χ1n) is 16.8. The zero-order valence-electron chi connectivity index (χ0n) is 28.8. The van der Waals surface area contributed by atoms with Gasteiger partial charge in [0.25, 0.3) is 12.4 Å². The molecule has 1 saturated heterocycles. The van der Waals surface area contributed by atoms with E-state index >= 15 is 0 Å². The van der Waals surface area contributed by atoms with E-state index in [0.717, 1.165) is 11.1 Å². The number of carboxylic acids is 1. The molecule has 1 fully saturated rings. The number of carbonyl (C=O) groups is 5. The van der Waals surface area contributed by atoms with E-state index in [4.69, 9.17) is 19.6 Å². The molecule has 2 atom stereocenters. The first-order valence-corrected chi connectivity index (χ1v) is 16.8. The Kier molecular flexibility index (Phi) is 14.6. The molecule has 2 unspecified atom stereocenters. The Morgan fingerprint density at radius 1 is 0.865 bits per heavy atom. The van der Waals surface area contributed by atoms with Crippen LogP contribution in [0.3, 0.4) is 0 Å². The molecule has 4 aromatic rings. The third-order valence-corrected chi connectivity index (χ3v) is 8.17. The first-order chi connectivity index (χ1) is 25.2. The maximum Gasteiger partial charge on any atom is 0.409 e. The summed E-state index contributed by atoms with van der Waals surface area (Å²) in [5.41, 5.74) is 2.85. The molecule has 14 nitrogen and oxygen atoms in total. The summed E-state index contributed by atoms with van der Waals surface area (Å²) in [7, 11) is 0. The second-order valence-corrected chi connectivity index (χ2v) is 11.7. The van der Waals surface area contributed by atoms with Gasteiger partial charge in [-0.1, -0.05) is 91.0 Å². The van der Waals surface area contributed by atoms with Crippen molar-refractivity contribution >= 4 is 36.2 Å². The van der Waals surface area contributed by atoms with Crippen LogP contribution in [0.25, 0.3) is 11.4 Å². The molecule has 0 radical (unpaired) electrons. The van der Waals surface area contributed by atoms with Crippen LogP contribution in [0.4, 0.5) is 10.6 Å². The van der Waals surface area contributed by atoms with Gasteiger partial charge in [-0.05, 0) is 30.9 Å². The van der Waals surface area contributed by atoms with Gasteiger partial charge < -0.3 is 35.4 Å². The first kappa shape index (κ1) is 38.5. The van der Waals surface area contributed by atoms with E-state index in [-0.39, 0.29) is 63.8 Å².